The molecule has 4 nitrogen and oxygen atoms in total. The topological polar surface area (TPSA) is 46.9 Å². The summed E-state index contributed by atoms with van der Waals surface area (Å²) < 4.78 is 2.17. The van der Waals surface area contributed by atoms with E-state index < -0.39 is 0 Å². The molecule has 114 valence electrons. The zero-order chi connectivity index (χ0) is 15.2. The number of rotatable bonds is 7. The zero-order valence-corrected chi connectivity index (χ0v) is 13.2. The van der Waals surface area contributed by atoms with E-state index in [1.807, 2.05) is 6.33 Å². The van der Waals surface area contributed by atoms with E-state index in [0.717, 1.165) is 24.8 Å². The van der Waals surface area contributed by atoms with Gasteiger partial charge in [0.15, 0.2) is 0 Å². The number of amides is 1. The van der Waals surface area contributed by atoms with E-state index in [9.17, 15) is 4.79 Å². The summed E-state index contributed by atoms with van der Waals surface area (Å²) >= 11 is 0. The van der Waals surface area contributed by atoms with Crippen molar-refractivity contribution < 1.29 is 4.79 Å². The monoisotopic (exact) mass is 287 g/mol. The number of aromatic nitrogens is 2. The summed E-state index contributed by atoms with van der Waals surface area (Å²) in [6.45, 7) is 7.10. The molecule has 0 fully saturated rings. The van der Waals surface area contributed by atoms with Gasteiger partial charge in [0.05, 0.1) is 17.4 Å². The molecule has 0 saturated heterocycles. The van der Waals surface area contributed by atoms with Crippen LogP contribution < -0.4 is 5.32 Å². The minimum absolute atomic E-state index is 0.155. The molecule has 0 aliphatic carbocycles. The number of carbonyl (C=O) groups excluding carboxylic acids is 1. The molecule has 21 heavy (non-hydrogen) atoms. The largest absolute Gasteiger partial charge is 0.356 e. The second-order valence-corrected chi connectivity index (χ2v) is 5.77. The lowest BCUT2D eigenvalue weighted by atomic mass is 10.1. The average Bonchev–Trinajstić information content (AvgIpc) is 2.88. The van der Waals surface area contributed by atoms with Crippen molar-refractivity contribution in [2.45, 2.75) is 52.5 Å². The first-order valence-electron chi connectivity index (χ1n) is 7.84. The van der Waals surface area contributed by atoms with E-state index in [-0.39, 0.29) is 5.91 Å². The molecule has 0 radical (unpaired) electrons. The summed E-state index contributed by atoms with van der Waals surface area (Å²) in [7, 11) is 0. The number of fused-ring (bicyclic) bond motifs is 1. The summed E-state index contributed by atoms with van der Waals surface area (Å²) in [6, 6.07) is 6.78. The van der Waals surface area contributed by atoms with Gasteiger partial charge >= 0.3 is 0 Å². The van der Waals surface area contributed by atoms with E-state index in [4.69, 9.17) is 0 Å². The van der Waals surface area contributed by atoms with Crippen LogP contribution in [0.1, 0.15) is 51.6 Å². The number of unbranched alkanes of at least 4 members (excludes halogenated alkanes) is 1. The van der Waals surface area contributed by atoms with E-state index in [1.165, 1.54) is 11.1 Å². The van der Waals surface area contributed by atoms with Crippen molar-refractivity contribution >= 4 is 16.9 Å². The summed E-state index contributed by atoms with van der Waals surface area (Å²) in [5.74, 6) is 0.155. The summed E-state index contributed by atoms with van der Waals surface area (Å²) in [4.78, 5) is 16.0. The van der Waals surface area contributed by atoms with Gasteiger partial charge in [-0.25, -0.2) is 4.98 Å². The predicted octanol–water partition coefficient (Wildman–Crippen LogP) is 3.47. The number of carbonyl (C=O) groups is 1. The Bertz CT molecular complexity index is 601. The van der Waals surface area contributed by atoms with E-state index in [2.05, 4.69) is 53.8 Å². The minimum atomic E-state index is 0.155. The molecule has 0 aliphatic heterocycles. The Hall–Kier alpha value is -1.84. The number of benzene rings is 1. The Balaban J connectivity index is 1.93. The molecule has 4 heteroatoms. The van der Waals surface area contributed by atoms with Crippen LogP contribution in [0.5, 0.6) is 0 Å². The quantitative estimate of drug-likeness (QED) is 0.847. The van der Waals surface area contributed by atoms with E-state index >= 15 is 0 Å². The van der Waals surface area contributed by atoms with E-state index in [0.29, 0.717) is 19.0 Å². The van der Waals surface area contributed by atoms with Crippen molar-refractivity contribution in [2.75, 3.05) is 6.54 Å². The lowest BCUT2D eigenvalue weighted by Crippen LogP contribution is -2.25. The highest BCUT2D eigenvalue weighted by Crippen LogP contribution is 2.18. The Labute approximate surface area is 126 Å². The number of imidazole rings is 1. The molecule has 0 aliphatic rings. The van der Waals surface area contributed by atoms with Gasteiger partial charge in [-0.1, -0.05) is 19.4 Å². The fourth-order valence-corrected chi connectivity index (χ4v) is 2.42. The smallest absolute Gasteiger partial charge is 0.220 e. The second kappa shape index (κ2) is 7.25. The Morgan fingerprint density at radius 1 is 1.38 bits per heavy atom. The summed E-state index contributed by atoms with van der Waals surface area (Å²) in [5.41, 5.74) is 3.41. The van der Waals surface area contributed by atoms with Crippen molar-refractivity contribution in [3.05, 3.63) is 30.1 Å². The van der Waals surface area contributed by atoms with Crippen LogP contribution in [-0.2, 0) is 11.2 Å². The van der Waals surface area contributed by atoms with Crippen LogP contribution in [0.4, 0.5) is 0 Å². The standard InChI is InChI=1S/C17H25N3O/c1-4-5-6-17(21)18-10-9-14-7-8-16-15(11-14)19-12-20(16)13(2)3/h7-8,11-13H,4-6,9-10H2,1-3H3,(H,18,21). The van der Waals surface area contributed by atoms with Crippen molar-refractivity contribution in [3.8, 4) is 0 Å². The van der Waals surface area contributed by atoms with Gasteiger partial charge in [-0.05, 0) is 44.4 Å². The van der Waals surface area contributed by atoms with Crippen molar-refractivity contribution in [3.63, 3.8) is 0 Å². The normalized spacial score (nSPS) is 11.2. The maximum absolute atomic E-state index is 11.6. The number of nitrogens with one attached hydrogen (secondary N) is 1. The van der Waals surface area contributed by atoms with Crippen LogP contribution in [0.3, 0.4) is 0 Å². The second-order valence-electron chi connectivity index (χ2n) is 5.77. The van der Waals surface area contributed by atoms with Gasteiger partial charge in [0.1, 0.15) is 0 Å². The van der Waals surface area contributed by atoms with Crippen molar-refractivity contribution in [2.24, 2.45) is 0 Å². The maximum Gasteiger partial charge on any atom is 0.220 e. The molecule has 0 bridgehead atoms. The Morgan fingerprint density at radius 2 is 2.19 bits per heavy atom. The summed E-state index contributed by atoms with van der Waals surface area (Å²) in [5, 5.41) is 2.97. The first-order valence-corrected chi connectivity index (χ1v) is 7.84. The molecule has 0 saturated carbocycles. The number of hydrogen-bond donors (Lipinski definition) is 1. The van der Waals surface area contributed by atoms with Crippen LogP contribution >= 0.6 is 0 Å². The molecule has 1 N–H and O–H groups in total. The molecule has 0 spiro atoms. The lowest BCUT2D eigenvalue weighted by molar-refractivity contribution is -0.121. The van der Waals surface area contributed by atoms with Crippen LogP contribution in [0, 0.1) is 0 Å². The van der Waals surface area contributed by atoms with Crippen LogP contribution in [0.15, 0.2) is 24.5 Å². The first kappa shape index (κ1) is 15.5. The van der Waals surface area contributed by atoms with Crippen LogP contribution in [-0.4, -0.2) is 22.0 Å². The van der Waals surface area contributed by atoms with Crippen LogP contribution in [0.25, 0.3) is 11.0 Å². The van der Waals surface area contributed by atoms with Gasteiger partial charge in [-0.2, -0.15) is 0 Å². The molecule has 1 amide bonds. The fraction of sp³-hybridized carbons (Fsp3) is 0.529. The molecule has 1 heterocycles. The molecular weight excluding hydrogens is 262 g/mol. The van der Waals surface area contributed by atoms with Gasteiger partial charge in [-0.3, -0.25) is 4.79 Å². The SMILES string of the molecule is CCCCC(=O)NCCc1ccc2c(c1)ncn2C(C)C. The molecular formula is C17H25N3O. The molecule has 2 rings (SSSR count). The van der Waals surface area contributed by atoms with Crippen LogP contribution in [0.2, 0.25) is 0 Å². The molecule has 2 aromatic rings. The fourth-order valence-electron chi connectivity index (χ4n) is 2.42. The average molecular weight is 287 g/mol. The highest BCUT2D eigenvalue weighted by molar-refractivity contribution is 5.77. The molecule has 0 atom stereocenters. The maximum atomic E-state index is 11.6. The highest BCUT2D eigenvalue weighted by Gasteiger charge is 2.06. The van der Waals surface area contributed by atoms with Crippen molar-refractivity contribution in [1.82, 2.24) is 14.9 Å². The van der Waals surface area contributed by atoms with Gasteiger partial charge in [0, 0.05) is 19.0 Å². The highest BCUT2D eigenvalue weighted by atomic mass is 16.1. The van der Waals surface area contributed by atoms with E-state index in [1.54, 1.807) is 0 Å². The van der Waals surface area contributed by atoms with Crippen molar-refractivity contribution in [1.29, 1.82) is 0 Å². The van der Waals surface area contributed by atoms with Gasteiger partial charge in [-0.15, -0.1) is 0 Å². The molecule has 0 unspecified atom stereocenters. The minimum Gasteiger partial charge on any atom is -0.356 e. The third-order valence-corrected chi connectivity index (χ3v) is 3.69. The molecule has 1 aromatic heterocycles. The third kappa shape index (κ3) is 4.06. The van der Waals surface area contributed by atoms with Gasteiger partial charge in [0.2, 0.25) is 5.91 Å². The summed E-state index contributed by atoms with van der Waals surface area (Å²) in [6.07, 6.45) is 5.40. The molecule has 1 aromatic carbocycles. The Morgan fingerprint density at radius 3 is 2.90 bits per heavy atom. The Kier molecular flexibility index (Phi) is 5.37. The first-order chi connectivity index (χ1) is 10.1. The number of nitrogens with zero attached hydrogens (tertiary/aromatic N) is 2. The number of hydrogen-bond acceptors (Lipinski definition) is 2. The van der Waals surface area contributed by atoms with Gasteiger partial charge in [0.25, 0.3) is 0 Å². The lowest BCUT2D eigenvalue weighted by Gasteiger charge is -2.08. The third-order valence-electron chi connectivity index (χ3n) is 3.69. The zero-order valence-electron chi connectivity index (χ0n) is 13.2. The van der Waals surface area contributed by atoms with Gasteiger partial charge < -0.3 is 9.88 Å². The predicted molar refractivity (Wildman–Crippen MR) is 86.4 cm³/mol.